The van der Waals surface area contributed by atoms with Gasteiger partial charge in [0.15, 0.2) is 5.69 Å². The SMILES string of the molecule is COC(=O)c1nnn(-c2nonc2N)c1-c1ccc2ccccc2c1. The summed E-state index contributed by atoms with van der Waals surface area (Å²) in [6, 6.07) is 13.6. The van der Waals surface area contributed by atoms with Crippen LogP contribution in [0.3, 0.4) is 0 Å². The molecule has 4 aromatic rings. The number of methoxy groups -OCH3 is 1. The summed E-state index contributed by atoms with van der Waals surface area (Å²) in [5, 5.41) is 17.2. The summed E-state index contributed by atoms with van der Waals surface area (Å²) in [7, 11) is 1.28. The van der Waals surface area contributed by atoms with Crippen LogP contribution in [0.2, 0.25) is 0 Å². The molecule has 0 saturated carbocycles. The summed E-state index contributed by atoms with van der Waals surface area (Å²) < 4.78 is 10.7. The van der Waals surface area contributed by atoms with Gasteiger partial charge < -0.3 is 10.5 Å². The van der Waals surface area contributed by atoms with Crippen molar-refractivity contribution in [3.05, 3.63) is 48.2 Å². The van der Waals surface area contributed by atoms with Crippen molar-refractivity contribution < 1.29 is 14.2 Å². The Labute approximate surface area is 141 Å². The van der Waals surface area contributed by atoms with Gasteiger partial charge in [0.05, 0.1) is 7.11 Å². The largest absolute Gasteiger partial charge is 0.464 e. The van der Waals surface area contributed by atoms with Crippen LogP contribution in [0.5, 0.6) is 0 Å². The number of rotatable bonds is 3. The van der Waals surface area contributed by atoms with Crippen molar-refractivity contribution in [2.45, 2.75) is 0 Å². The maximum atomic E-state index is 12.1. The summed E-state index contributed by atoms with van der Waals surface area (Å²) >= 11 is 0. The Morgan fingerprint density at radius 1 is 1.16 bits per heavy atom. The Balaban J connectivity index is 1.98. The lowest BCUT2D eigenvalue weighted by Gasteiger charge is -2.07. The molecule has 124 valence electrons. The standard InChI is InChI=1S/C16H12N6O3/c1-24-16(23)12-13(22(21-18-12)15-14(17)19-25-20-15)11-7-6-9-4-2-3-5-10(9)8-11/h2-8H,1H3,(H2,17,19). The maximum Gasteiger partial charge on any atom is 0.360 e. The third-order valence-corrected chi connectivity index (χ3v) is 3.77. The molecule has 0 aliphatic heterocycles. The van der Waals surface area contributed by atoms with E-state index in [0.29, 0.717) is 11.3 Å². The molecule has 0 saturated heterocycles. The van der Waals surface area contributed by atoms with Crippen LogP contribution in [0, 0.1) is 0 Å². The van der Waals surface area contributed by atoms with Gasteiger partial charge in [0.1, 0.15) is 5.69 Å². The second-order valence-electron chi connectivity index (χ2n) is 5.23. The number of carbonyl (C=O) groups is 1. The van der Waals surface area contributed by atoms with Crippen LogP contribution in [-0.2, 0) is 4.74 Å². The first kappa shape index (κ1) is 14.8. The number of ether oxygens (including phenoxy) is 1. The number of esters is 1. The van der Waals surface area contributed by atoms with Crippen LogP contribution in [-0.4, -0.2) is 38.4 Å². The van der Waals surface area contributed by atoms with E-state index in [2.05, 4.69) is 25.3 Å². The minimum Gasteiger partial charge on any atom is -0.464 e. The Kier molecular flexibility index (Phi) is 3.38. The zero-order valence-corrected chi connectivity index (χ0v) is 13.1. The van der Waals surface area contributed by atoms with Gasteiger partial charge in [-0.1, -0.05) is 41.6 Å². The van der Waals surface area contributed by atoms with Gasteiger partial charge in [-0.3, -0.25) is 0 Å². The van der Waals surface area contributed by atoms with Crippen molar-refractivity contribution in [3.63, 3.8) is 0 Å². The zero-order valence-electron chi connectivity index (χ0n) is 13.1. The highest BCUT2D eigenvalue weighted by atomic mass is 16.6. The molecule has 2 aromatic carbocycles. The van der Waals surface area contributed by atoms with Crippen molar-refractivity contribution in [1.82, 2.24) is 25.3 Å². The molecule has 0 radical (unpaired) electrons. The van der Waals surface area contributed by atoms with Crippen molar-refractivity contribution >= 4 is 22.6 Å². The summed E-state index contributed by atoms with van der Waals surface area (Å²) in [6.45, 7) is 0. The van der Waals surface area contributed by atoms with E-state index >= 15 is 0 Å². The average molecular weight is 336 g/mol. The normalized spacial score (nSPS) is 10.9. The molecule has 0 fully saturated rings. The first-order chi connectivity index (χ1) is 12.2. The molecule has 2 heterocycles. The number of benzene rings is 2. The lowest BCUT2D eigenvalue weighted by Crippen LogP contribution is -2.07. The number of nitrogens with zero attached hydrogens (tertiary/aromatic N) is 5. The minimum absolute atomic E-state index is 0.0309. The van der Waals surface area contributed by atoms with Gasteiger partial charge in [0, 0.05) is 5.56 Å². The van der Waals surface area contributed by atoms with E-state index in [1.54, 1.807) is 0 Å². The lowest BCUT2D eigenvalue weighted by atomic mass is 10.0. The maximum absolute atomic E-state index is 12.1. The predicted octanol–water partition coefficient (Wildman–Crippen LogP) is 1.84. The molecule has 0 unspecified atom stereocenters. The Morgan fingerprint density at radius 2 is 1.96 bits per heavy atom. The van der Waals surface area contributed by atoms with Gasteiger partial charge in [0.25, 0.3) is 0 Å². The number of nitrogens with two attached hydrogens (primary N) is 1. The highest BCUT2D eigenvalue weighted by molar-refractivity contribution is 5.96. The molecule has 0 atom stereocenters. The molecule has 9 heteroatoms. The van der Waals surface area contributed by atoms with Crippen molar-refractivity contribution in [2.75, 3.05) is 12.8 Å². The smallest absolute Gasteiger partial charge is 0.360 e. The van der Waals surface area contributed by atoms with Crippen LogP contribution < -0.4 is 5.73 Å². The van der Waals surface area contributed by atoms with E-state index in [4.69, 9.17) is 10.5 Å². The minimum atomic E-state index is -0.621. The molecule has 0 bridgehead atoms. The second kappa shape index (κ2) is 5.71. The second-order valence-corrected chi connectivity index (χ2v) is 5.23. The van der Waals surface area contributed by atoms with Gasteiger partial charge in [-0.05, 0) is 27.2 Å². The van der Waals surface area contributed by atoms with Gasteiger partial charge in [-0.25, -0.2) is 9.42 Å². The Hall–Kier alpha value is -3.75. The fraction of sp³-hybridized carbons (Fsp3) is 0.0625. The first-order valence-corrected chi connectivity index (χ1v) is 7.30. The molecule has 9 nitrogen and oxygen atoms in total. The molecule has 4 rings (SSSR count). The summed E-state index contributed by atoms with van der Waals surface area (Å²) in [6.07, 6.45) is 0. The number of hydrogen-bond acceptors (Lipinski definition) is 8. The highest BCUT2D eigenvalue weighted by Crippen LogP contribution is 2.29. The monoisotopic (exact) mass is 336 g/mol. The fourth-order valence-corrected chi connectivity index (χ4v) is 2.60. The van der Waals surface area contributed by atoms with Crippen molar-refractivity contribution in [1.29, 1.82) is 0 Å². The first-order valence-electron chi connectivity index (χ1n) is 7.30. The number of fused-ring (bicyclic) bond motifs is 1. The number of anilines is 1. The molecule has 0 aliphatic carbocycles. The third kappa shape index (κ3) is 2.38. The van der Waals surface area contributed by atoms with Crippen LogP contribution in [0.4, 0.5) is 5.82 Å². The third-order valence-electron chi connectivity index (χ3n) is 3.77. The summed E-state index contributed by atoms with van der Waals surface area (Å²) in [4.78, 5) is 12.1. The van der Waals surface area contributed by atoms with Crippen molar-refractivity contribution in [3.8, 4) is 17.1 Å². The van der Waals surface area contributed by atoms with E-state index in [1.165, 1.54) is 11.8 Å². The van der Waals surface area contributed by atoms with Gasteiger partial charge in [-0.15, -0.1) is 5.10 Å². The predicted molar refractivity (Wildman–Crippen MR) is 87.9 cm³/mol. The van der Waals surface area contributed by atoms with Gasteiger partial charge in [-0.2, -0.15) is 4.68 Å². The molecular formula is C16H12N6O3. The van der Waals surface area contributed by atoms with Gasteiger partial charge >= 0.3 is 5.97 Å². The van der Waals surface area contributed by atoms with Crippen molar-refractivity contribution in [2.24, 2.45) is 0 Å². The number of aromatic nitrogens is 5. The molecule has 2 aromatic heterocycles. The van der Waals surface area contributed by atoms with E-state index in [1.807, 2.05) is 42.5 Å². The lowest BCUT2D eigenvalue weighted by molar-refractivity contribution is 0.0595. The molecule has 0 spiro atoms. The summed E-state index contributed by atoms with van der Waals surface area (Å²) in [5.74, 6) is -0.446. The quantitative estimate of drug-likeness (QED) is 0.562. The highest BCUT2D eigenvalue weighted by Gasteiger charge is 2.25. The fourth-order valence-electron chi connectivity index (χ4n) is 2.60. The molecule has 2 N–H and O–H groups in total. The molecule has 0 aliphatic rings. The van der Waals surface area contributed by atoms with E-state index in [9.17, 15) is 4.79 Å². The van der Waals surface area contributed by atoms with Crippen LogP contribution in [0.15, 0.2) is 47.1 Å². The number of carbonyl (C=O) groups excluding carboxylic acids is 1. The topological polar surface area (TPSA) is 122 Å². The zero-order chi connectivity index (χ0) is 17.4. The number of hydrogen-bond donors (Lipinski definition) is 1. The van der Waals surface area contributed by atoms with E-state index in [-0.39, 0.29) is 17.3 Å². The summed E-state index contributed by atoms with van der Waals surface area (Å²) in [5.41, 5.74) is 6.89. The van der Waals surface area contributed by atoms with Crippen LogP contribution in [0.1, 0.15) is 10.5 Å². The van der Waals surface area contributed by atoms with E-state index < -0.39 is 5.97 Å². The van der Waals surface area contributed by atoms with E-state index in [0.717, 1.165) is 10.8 Å². The molecule has 25 heavy (non-hydrogen) atoms. The van der Waals surface area contributed by atoms with Crippen LogP contribution >= 0.6 is 0 Å². The molecule has 0 amide bonds. The molecular weight excluding hydrogens is 324 g/mol. The average Bonchev–Trinajstić information content (AvgIpc) is 3.26. The Bertz CT molecular complexity index is 1080. The number of nitrogen functional groups attached to an aromatic ring is 1. The Morgan fingerprint density at radius 3 is 2.68 bits per heavy atom. The van der Waals surface area contributed by atoms with Crippen LogP contribution in [0.25, 0.3) is 27.8 Å². The van der Waals surface area contributed by atoms with Gasteiger partial charge in [0.2, 0.25) is 11.6 Å².